The van der Waals surface area contributed by atoms with E-state index in [9.17, 15) is 13.2 Å². The summed E-state index contributed by atoms with van der Waals surface area (Å²) in [6.07, 6.45) is 0.853. The van der Waals surface area contributed by atoms with E-state index >= 15 is 0 Å². The average molecular weight is 355 g/mol. The number of alkyl halides is 3. The minimum Gasteiger partial charge on any atom is -0.544 e. The van der Waals surface area contributed by atoms with Crippen LogP contribution in [0, 0.1) is 0 Å². The van der Waals surface area contributed by atoms with Gasteiger partial charge in [-0.3, -0.25) is 0 Å². The largest absolute Gasteiger partial charge is 0.544 e. The molecule has 2 nitrogen and oxygen atoms in total. The van der Waals surface area contributed by atoms with E-state index in [2.05, 4.69) is 0 Å². The molecule has 0 saturated carbocycles. The van der Waals surface area contributed by atoms with Crippen molar-refractivity contribution in [2.75, 3.05) is 0 Å². The minimum atomic E-state index is -4.51. The third kappa shape index (κ3) is 10.9. The summed E-state index contributed by atoms with van der Waals surface area (Å²) in [6, 6.07) is 0. The van der Waals surface area contributed by atoms with Crippen LogP contribution in [0.2, 0.25) is 39.3 Å². The van der Waals surface area contributed by atoms with Crippen molar-refractivity contribution in [1.29, 1.82) is 0 Å². The van der Waals surface area contributed by atoms with E-state index in [0.717, 1.165) is 18.9 Å². The van der Waals surface area contributed by atoms with E-state index in [4.69, 9.17) is 8.85 Å². The summed E-state index contributed by atoms with van der Waals surface area (Å²) >= 11 is 0. The Hall–Kier alpha value is -0.696. The van der Waals surface area contributed by atoms with Gasteiger partial charge in [0.25, 0.3) is 0 Å². The van der Waals surface area contributed by atoms with Crippen molar-refractivity contribution in [3.05, 3.63) is 23.7 Å². The lowest BCUT2D eigenvalue weighted by Crippen LogP contribution is -2.31. The lowest BCUT2D eigenvalue weighted by Gasteiger charge is -2.25. The monoisotopic (exact) mass is 354 g/mol. The highest BCUT2D eigenvalue weighted by Crippen LogP contribution is 2.31. The van der Waals surface area contributed by atoms with Gasteiger partial charge in [-0.1, -0.05) is 13.3 Å². The fourth-order valence-electron chi connectivity index (χ4n) is 1.56. The maximum absolute atomic E-state index is 13.2. The van der Waals surface area contributed by atoms with Gasteiger partial charge in [0.2, 0.25) is 16.6 Å². The van der Waals surface area contributed by atoms with Crippen LogP contribution in [0.4, 0.5) is 13.2 Å². The Bertz CT molecular complexity index is 402. The lowest BCUT2D eigenvalue weighted by molar-refractivity contribution is -0.117. The van der Waals surface area contributed by atoms with Crippen LogP contribution in [-0.2, 0) is 8.85 Å². The first-order valence-electron chi connectivity index (χ1n) is 7.61. The Balaban J connectivity index is 5.50. The van der Waals surface area contributed by atoms with Crippen molar-refractivity contribution >= 4 is 16.6 Å². The van der Waals surface area contributed by atoms with Crippen molar-refractivity contribution in [2.24, 2.45) is 0 Å². The summed E-state index contributed by atoms with van der Waals surface area (Å²) in [7, 11) is -4.34. The van der Waals surface area contributed by atoms with Crippen molar-refractivity contribution in [3.63, 3.8) is 0 Å². The first-order chi connectivity index (χ1) is 9.74. The average Bonchev–Trinajstić information content (AvgIpc) is 2.23. The van der Waals surface area contributed by atoms with E-state index in [1.54, 1.807) is 25.7 Å². The first kappa shape index (κ1) is 21.3. The van der Waals surface area contributed by atoms with Crippen LogP contribution in [0.15, 0.2) is 23.7 Å². The quantitative estimate of drug-likeness (QED) is 0.223. The fraction of sp³-hybridized carbons (Fsp3) is 0.733. The predicted octanol–water partition coefficient (Wildman–Crippen LogP) is 6.21. The first-order valence-corrected chi connectivity index (χ1v) is 14.4. The third-order valence-corrected chi connectivity index (χ3v) is 3.98. The molecular weight excluding hydrogens is 325 g/mol. The molecule has 0 bridgehead atoms. The second-order valence-electron chi connectivity index (χ2n) is 7.18. The molecule has 0 rings (SSSR count). The van der Waals surface area contributed by atoms with Gasteiger partial charge in [-0.25, -0.2) is 0 Å². The van der Waals surface area contributed by atoms with Crippen LogP contribution in [0.25, 0.3) is 0 Å². The predicted molar refractivity (Wildman–Crippen MR) is 90.6 cm³/mol. The molecule has 0 amide bonds. The van der Waals surface area contributed by atoms with E-state index in [0.29, 0.717) is 6.42 Å². The van der Waals surface area contributed by atoms with E-state index in [-0.39, 0.29) is 5.76 Å². The van der Waals surface area contributed by atoms with Gasteiger partial charge >= 0.3 is 6.18 Å². The number of unbranched alkanes of at least 4 members (excludes halogenated alkanes) is 2. The van der Waals surface area contributed by atoms with Crippen LogP contribution in [0.1, 0.15) is 26.2 Å². The number of allylic oxidation sites excluding steroid dienone is 3. The fourth-order valence-corrected chi connectivity index (χ4v) is 3.24. The van der Waals surface area contributed by atoms with Crippen molar-refractivity contribution < 1.29 is 22.0 Å². The molecular formula is C15H29F3O2Si2. The number of rotatable bonds is 8. The zero-order valence-electron chi connectivity index (χ0n) is 14.7. The molecule has 0 aromatic heterocycles. The van der Waals surface area contributed by atoms with Gasteiger partial charge in [-0.05, 0) is 58.2 Å². The highest BCUT2D eigenvalue weighted by molar-refractivity contribution is 6.70. The Morgan fingerprint density at radius 3 is 1.82 bits per heavy atom. The molecule has 0 spiro atoms. The van der Waals surface area contributed by atoms with Crippen LogP contribution < -0.4 is 0 Å². The molecule has 0 radical (unpaired) electrons. The summed E-state index contributed by atoms with van der Waals surface area (Å²) < 4.78 is 50.6. The second-order valence-corrected chi connectivity index (χ2v) is 16.0. The van der Waals surface area contributed by atoms with Crippen LogP contribution in [0.3, 0.4) is 0 Å². The minimum absolute atomic E-state index is 0.276. The SMILES string of the molecule is CCCC/C=C(/C=C(/O[Si](C)(C)C)C(F)(F)F)O[Si](C)(C)C. The van der Waals surface area contributed by atoms with Crippen LogP contribution in [0.5, 0.6) is 0 Å². The van der Waals surface area contributed by atoms with E-state index in [1.165, 1.54) is 0 Å². The molecule has 7 heteroatoms. The summed E-state index contributed by atoms with van der Waals surface area (Å²) in [5, 5.41) is 0. The van der Waals surface area contributed by atoms with E-state index in [1.807, 2.05) is 26.6 Å². The Morgan fingerprint density at radius 1 is 0.955 bits per heavy atom. The zero-order valence-corrected chi connectivity index (χ0v) is 16.7. The molecule has 0 aliphatic heterocycles. The molecule has 0 aliphatic carbocycles. The van der Waals surface area contributed by atoms with Gasteiger partial charge in [-0.2, -0.15) is 13.2 Å². The molecule has 0 fully saturated rings. The summed E-state index contributed by atoms with van der Waals surface area (Å²) in [5.74, 6) is -0.675. The molecule has 0 N–H and O–H groups in total. The second kappa shape index (κ2) is 8.24. The Kier molecular flexibility index (Phi) is 7.98. The topological polar surface area (TPSA) is 18.5 Å². The molecule has 0 saturated heterocycles. The standard InChI is InChI=1S/C15H29F3O2Si2/c1-8-9-10-11-13(19-21(2,3)4)12-14(15(16,17)18)20-22(5,6)7/h11-12H,8-10H2,1-7H3/b13-11-,14-12+. The Labute approximate surface area is 134 Å². The smallest absolute Gasteiger partial charge is 0.447 e. The summed E-state index contributed by atoms with van der Waals surface area (Å²) in [6.45, 7) is 13.1. The van der Waals surface area contributed by atoms with Gasteiger partial charge in [0.05, 0.1) is 0 Å². The molecule has 0 unspecified atom stereocenters. The van der Waals surface area contributed by atoms with Gasteiger partial charge in [0.15, 0.2) is 5.76 Å². The summed E-state index contributed by atoms with van der Waals surface area (Å²) in [4.78, 5) is 0. The molecule has 0 aromatic rings. The highest BCUT2D eigenvalue weighted by Gasteiger charge is 2.39. The summed E-state index contributed by atoms with van der Waals surface area (Å²) in [5.41, 5.74) is 0. The van der Waals surface area contributed by atoms with E-state index < -0.39 is 28.6 Å². The van der Waals surface area contributed by atoms with Crippen LogP contribution >= 0.6 is 0 Å². The van der Waals surface area contributed by atoms with Crippen LogP contribution in [-0.4, -0.2) is 22.8 Å². The maximum Gasteiger partial charge on any atom is 0.447 e. The van der Waals surface area contributed by atoms with Crippen molar-refractivity contribution in [2.45, 2.75) is 71.6 Å². The molecule has 22 heavy (non-hydrogen) atoms. The number of hydrogen-bond acceptors (Lipinski definition) is 2. The van der Waals surface area contributed by atoms with Gasteiger partial charge in [0, 0.05) is 6.08 Å². The Morgan fingerprint density at radius 2 is 1.45 bits per heavy atom. The van der Waals surface area contributed by atoms with Crippen molar-refractivity contribution in [3.8, 4) is 0 Å². The normalized spacial score (nSPS) is 15.0. The highest BCUT2D eigenvalue weighted by atomic mass is 28.4. The zero-order chi connectivity index (χ0) is 17.6. The molecule has 0 aliphatic rings. The van der Waals surface area contributed by atoms with Gasteiger partial charge < -0.3 is 8.85 Å². The molecule has 0 heterocycles. The molecule has 130 valence electrons. The van der Waals surface area contributed by atoms with Gasteiger partial charge in [-0.15, -0.1) is 0 Å². The number of hydrogen-bond donors (Lipinski definition) is 0. The molecule has 0 aromatic carbocycles. The van der Waals surface area contributed by atoms with Crippen molar-refractivity contribution in [1.82, 2.24) is 0 Å². The maximum atomic E-state index is 13.2. The lowest BCUT2D eigenvalue weighted by atomic mass is 10.2. The third-order valence-electron chi connectivity index (χ3n) is 2.30. The number of halogens is 3. The van der Waals surface area contributed by atoms with Gasteiger partial charge in [0.1, 0.15) is 5.76 Å². The molecule has 0 atom stereocenters.